The van der Waals surface area contributed by atoms with E-state index < -0.39 is 0 Å². The zero-order chi connectivity index (χ0) is 16.7. The van der Waals surface area contributed by atoms with Crippen LogP contribution in [0.4, 0.5) is 0 Å². The van der Waals surface area contributed by atoms with E-state index in [1.165, 1.54) is 4.90 Å². The summed E-state index contributed by atoms with van der Waals surface area (Å²) in [6.45, 7) is 2.67. The molecule has 2 heterocycles. The van der Waals surface area contributed by atoms with Crippen molar-refractivity contribution < 1.29 is 19.1 Å². The molecule has 0 bridgehead atoms. The maximum absolute atomic E-state index is 12.7. The molecule has 2 atom stereocenters. The van der Waals surface area contributed by atoms with Gasteiger partial charge in [-0.25, -0.2) is 0 Å². The van der Waals surface area contributed by atoms with Gasteiger partial charge in [0.2, 0.25) is 18.6 Å². The zero-order valence-corrected chi connectivity index (χ0v) is 13.8. The Morgan fingerprint density at radius 1 is 1.00 bits per heavy atom. The second-order valence-corrected chi connectivity index (χ2v) is 6.64. The first-order valence-electron chi connectivity index (χ1n) is 8.60. The molecule has 5 nitrogen and oxygen atoms in total. The molecule has 2 amide bonds. The number of imide groups is 1. The van der Waals surface area contributed by atoms with Crippen LogP contribution in [0.2, 0.25) is 0 Å². The van der Waals surface area contributed by atoms with Crippen molar-refractivity contribution in [3.63, 3.8) is 0 Å². The standard InChI is InChI=1S/C19H21NO4/c1-2-5-12-8-16-17(24-11-23-16)9-13(12)10-20-18(21)14-6-3-4-7-15(14)19(20)22/h3-4,8-9,14-15H,2,5-7,10-11H2,1H3. The number of allylic oxidation sites excluding steroid dienone is 2. The van der Waals surface area contributed by atoms with E-state index in [9.17, 15) is 9.59 Å². The molecule has 3 aliphatic rings. The summed E-state index contributed by atoms with van der Waals surface area (Å²) in [5, 5.41) is 0. The first kappa shape index (κ1) is 15.2. The lowest BCUT2D eigenvalue weighted by molar-refractivity contribution is -0.140. The lowest BCUT2D eigenvalue weighted by atomic mass is 9.85. The van der Waals surface area contributed by atoms with Gasteiger partial charge in [-0.05, 0) is 42.5 Å². The van der Waals surface area contributed by atoms with Gasteiger partial charge in [-0.2, -0.15) is 0 Å². The number of hydrogen-bond donors (Lipinski definition) is 0. The summed E-state index contributed by atoms with van der Waals surface area (Å²) in [4.78, 5) is 26.8. The van der Waals surface area contributed by atoms with Crippen LogP contribution in [0.3, 0.4) is 0 Å². The van der Waals surface area contributed by atoms with Gasteiger partial charge in [-0.15, -0.1) is 0 Å². The van der Waals surface area contributed by atoms with Gasteiger partial charge in [0, 0.05) is 0 Å². The Bertz CT molecular complexity index is 698. The number of ether oxygens (including phenoxy) is 2. The predicted octanol–water partition coefficient (Wildman–Crippen LogP) is 2.82. The molecule has 2 aliphatic heterocycles. The third kappa shape index (κ3) is 2.39. The number of hydrogen-bond acceptors (Lipinski definition) is 4. The van der Waals surface area contributed by atoms with E-state index in [0.29, 0.717) is 25.1 Å². The lowest BCUT2D eigenvalue weighted by Crippen LogP contribution is -2.31. The molecule has 1 fully saturated rings. The van der Waals surface area contributed by atoms with Crippen LogP contribution < -0.4 is 9.47 Å². The van der Waals surface area contributed by atoms with E-state index in [1.54, 1.807) is 0 Å². The topological polar surface area (TPSA) is 55.8 Å². The van der Waals surface area contributed by atoms with Crippen LogP contribution in [-0.4, -0.2) is 23.5 Å². The molecule has 0 aromatic heterocycles. The van der Waals surface area contributed by atoms with Crippen molar-refractivity contribution in [1.82, 2.24) is 4.90 Å². The highest BCUT2D eigenvalue weighted by Crippen LogP contribution is 2.39. The summed E-state index contributed by atoms with van der Waals surface area (Å²) in [7, 11) is 0. The first-order chi connectivity index (χ1) is 11.7. The van der Waals surface area contributed by atoms with Gasteiger partial charge in [-0.1, -0.05) is 25.5 Å². The van der Waals surface area contributed by atoms with Crippen LogP contribution in [0.15, 0.2) is 24.3 Å². The summed E-state index contributed by atoms with van der Waals surface area (Å²) in [5.41, 5.74) is 2.10. The fraction of sp³-hybridized carbons (Fsp3) is 0.474. The van der Waals surface area contributed by atoms with Crippen molar-refractivity contribution in [2.24, 2.45) is 11.8 Å². The smallest absolute Gasteiger partial charge is 0.233 e. The Hall–Kier alpha value is -2.30. The van der Waals surface area contributed by atoms with Gasteiger partial charge in [-0.3, -0.25) is 14.5 Å². The average molecular weight is 327 g/mol. The van der Waals surface area contributed by atoms with Gasteiger partial charge in [0.1, 0.15) is 0 Å². The molecular weight excluding hydrogens is 306 g/mol. The minimum atomic E-state index is -0.175. The summed E-state index contributed by atoms with van der Waals surface area (Å²) in [6, 6.07) is 3.91. The van der Waals surface area contributed by atoms with E-state index in [0.717, 1.165) is 29.7 Å². The summed E-state index contributed by atoms with van der Waals surface area (Å²) >= 11 is 0. The van der Waals surface area contributed by atoms with E-state index in [-0.39, 0.29) is 30.4 Å². The summed E-state index contributed by atoms with van der Waals surface area (Å²) < 4.78 is 10.9. The normalized spacial score (nSPS) is 24.6. The molecular formula is C19H21NO4. The number of carbonyl (C=O) groups is 2. The number of rotatable bonds is 4. The van der Waals surface area contributed by atoms with E-state index >= 15 is 0 Å². The van der Waals surface area contributed by atoms with Crippen LogP contribution in [0.25, 0.3) is 0 Å². The van der Waals surface area contributed by atoms with E-state index in [4.69, 9.17) is 9.47 Å². The second kappa shape index (κ2) is 5.96. The third-order valence-corrected chi connectivity index (χ3v) is 5.14. The Labute approximate surface area is 141 Å². The van der Waals surface area contributed by atoms with Crippen LogP contribution in [0.1, 0.15) is 37.3 Å². The summed E-state index contributed by atoms with van der Waals surface area (Å²) in [6.07, 6.45) is 7.25. The molecule has 24 heavy (non-hydrogen) atoms. The molecule has 0 N–H and O–H groups in total. The number of carbonyl (C=O) groups excluding carboxylic acids is 2. The van der Waals surface area contributed by atoms with Crippen molar-refractivity contribution in [1.29, 1.82) is 0 Å². The van der Waals surface area contributed by atoms with Crippen molar-refractivity contribution in [3.8, 4) is 11.5 Å². The number of nitrogens with zero attached hydrogens (tertiary/aromatic N) is 1. The summed E-state index contributed by atoms with van der Waals surface area (Å²) in [5.74, 6) is 1.03. The lowest BCUT2D eigenvalue weighted by Gasteiger charge is -2.18. The maximum atomic E-state index is 12.7. The fourth-order valence-corrected chi connectivity index (χ4v) is 3.87. The quantitative estimate of drug-likeness (QED) is 0.630. The SMILES string of the molecule is CCCc1cc2c(cc1CN1C(=O)C3CC=CCC3C1=O)OCO2. The Morgan fingerprint density at radius 3 is 2.17 bits per heavy atom. The number of likely N-dealkylation sites (tertiary alicyclic amines) is 1. The number of fused-ring (bicyclic) bond motifs is 2. The molecule has 2 unspecified atom stereocenters. The minimum absolute atomic E-state index is 0.0329. The molecule has 4 rings (SSSR count). The van der Waals surface area contributed by atoms with Gasteiger partial charge in [0.05, 0.1) is 18.4 Å². The Kier molecular flexibility index (Phi) is 3.79. The molecule has 0 radical (unpaired) electrons. The largest absolute Gasteiger partial charge is 0.454 e. The minimum Gasteiger partial charge on any atom is -0.454 e. The fourth-order valence-electron chi connectivity index (χ4n) is 3.87. The van der Waals surface area contributed by atoms with Crippen molar-refractivity contribution in [2.45, 2.75) is 39.2 Å². The highest BCUT2D eigenvalue weighted by Gasteiger charge is 2.47. The predicted molar refractivity (Wildman–Crippen MR) is 87.5 cm³/mol. The maximum Gasteiger partial charge on any atom is 0.233 e. The highest BCUT2D eigenvalue weighted by molar-refractivity contribution is 6.05. The first-order valence-corrected chi connectivity index (χ1v) is 8.60. The molecule has 1 aromatic carbocycles. The van der Waals surface area contributed by atoms with Crippen LogP contribution in [0.5, 0.6) is 11.5 Å². The van der Waals surface area contributed by atoms with E-state index in [2.05, 4.69) is 6.92 Å². The Morgan fingerprint density at radius 2 is 1.58 bits per heavy atom. The second-order valence-electron chi connectivity index (χ2n) is 6.64. The Balaban J connectivity index is 1.63. The van der Waals surface area contributed by atoms with Crippen molar-refractivity contribution >= 4 is 11.8 Å². The number of amides is 2. The molecule has 0 saturated carbocycles. The van der Waals surface area contributed by atoms with Crippen LogP contribution >= 0.6 is 0 Å². The van der Waals surface area contributed by atoms with Gasteiger partial charge >= 0.3 is 0 Å². The molecule has 0 spiro atoms. The van der Waals surface area contributed by atoms with E-state index in [1.807, 2.05) is 24.3 Å². The average Bonchev–Trinajstić information content (AvgIpc) is 3.14. The molecule has 5 heteroatoms. The molecule has 1 aromatic rings. The van der Waals surface area contributed by atoms with Crippen LogP contribution in [-0.2, 0) is 22.6 Å². The van der Waals surface area contributed by atoms with Gasteiger partial charge in [0.25, 0.3) is 0 Å². The van der Waals surface area contributed by atoms with Crippen LogP contribution in [0, 0.1) is 11.8 Å². The highest BCUT2D eigenvalue weighted by atomic mass is 16.7. The van der Waals surface area contributed by atoms with Gasteiger partial charge < -0.3 is 9.47 Å². The molecule has 126 valence electrons. The molecule has 1 aliphatic carbocycles. The number of aryl methyl sites for hydroxylation is 1. The zero-order valence-electron chi connectivity index (χ0n) is 13.8. The molecule has 1 saturated heterocycles. The third-order valence-electron chi connectivity index (χ3n) is 5.14. The van der Waals surface area contributed by atoms with Crippen molar-refractivity contribution in [3.05, 3.63) is 35.4 Å². The van der Waals surface area contributed by atoms with Gasteiger partial charge in [0.15, 0.2) is 11.5 Å². The number of benzene rings is 1. The monoisotopic (exact) mass is 327 g/mol. The van der Waals surface area contributed by atoms with Crippen molar-refractivity contribution in [2.75, 3.05) is 6.79 Å².